The molecule has 2 aromatic carbocycles. The smallest absolute Gasteiger partial charge is 0.341 e. The number of hydrogen-bond acceptors (Lipinski definition) is 5. The van der Waals surface area contributed by atoms with Crippen molar-refractivity contribution in [3.63, 3.8) is 0 Å². The molecule has 0 heterocycles. The maximum absolute atomic E-state index is 14.2. The summed E-state index contributed by atoms with van der Waals surface area (Å²) in [5.41, 5.74) is 1.09. The van der Waals surface area contributed by atoms with Gasteiger partial charge in [0.25, 0.3) is 0 Å². The van der Waals surface area contributed by atoms with E-state index < -0.39 is 24.4 Å². The number of amides is 2. The molecule has 4 N–H and O–H groups in total. The number of anilines is 3. The van der Waals surface area contributed by atoms with E-state index in [0.29, 0.717) is 31.0 Å². The molecule has 1 aliphatic rings. The summed E-state index contributed by atoms with van der Waals surface area (Å²) in [6.45, 7) is 4.37. The lowest BCUT2D eigenvalue weighted by Gasteiger charge is -2.39. The van der Waals surface area contributed by atoms with Crippen molar-refractivity contribution < 1.29 is 28.9 Å². The number of hydrogen-bond donors (Lipinski definition) is 4. The molecule has 0 saturated heterocycles. The first-order chi connectivity index (χ1) is 16.6. The first-order valence-electron chi connectivity index (χ1n) is 11.6. The molecule has 2 aromatic rings. The van der Waals surface area contributed by atoms with E-state index in [0.717, 1.165) is 24.6 Å². The van der Waals surface area contributed by atoms with Crippen molar-refractivity contribution in [2.45, 2.75) is 51.7 Å². The van der Waals surface area contributed by atoms with Gasteiger partial charge in [0.15, 0.2) is 6.61 Å². The van der Waals surface area contributed by atoms with Crippen LogP contribution >= 0.6 is 11.6 Å². The molecule has 2 amide bonds. The Morgan fingerprint density at radius 1 is 1.11 bits per heavy atom. The van der Waals surface area contributed by atoms with Gasteiger partial charge in [0.1, 0.15) is 11.6 Å². The van der Waals surface area contributed by atoms with Crippen LogP contribution in [0.3, 0.4) is 0 Å². The number of nitrogens with one attached hydrogen (secondary N) is 2. The van der Waals surface area contributed by atoms with Crippen LogP contribution in [0.15, 0.2) is 36.4 Å². The van der Waals surface area contributed by atoms with Crippen LogP contribution in [0.1, 0.15) is 39.5 Å². The predicted octanol–water partition coefficient (Wildman–Crippen LogP) is 5.35. The van der Waals surface area contributed by atoms with Crippen molar-refractivity contribution in [3.8, 4) is 5.75 Å². The number of aliphatic carboxylic acids is 1. The molecule has 0 atom stereocenters. The molecule has 0 bridgehead atoms. The zero-order valence-electron chi connectivity index (χ0n) is 19.8. The van der Waals surface area contributed by atoms with E-state index in [4.69, 9.17) is 21.4 Å². The summed E-state index contributed by atoms with van der Waals surface area (Å²) >= 11 is 5.79. The van der Waals surface area contributed by atoms with E-state index in [1.807, 2.05) is 0 Å². The van der Waals surface area contributed by atoms with Gasteiger partial charge in [-0.3, -0.25) is 0 Å². The topological polar surface area (TPSA) is 111 Å². The second-order valence-corrected chi connectivity index (χ2v) is 9.51. The minimum absolute atomic E-state index is 0.0352. The van der Waals surface area contributed by atoms with Crippen LogP contribution in [0.5, 0.6) is 5.75 Å². The summed E-state index contributed by atoms with van der Waals surface area (Å²) in [7, 11) is 0. The van der Waals surface area contributed by atoms with Gasteiger partial charge in [-0.2, -0.15) is 0 Å². The van der Waals surface area contributed by atoms with E-state index in [-0.39, 0.29) is 28.6 Å². The highest BCUT2D eigenvalue weighted by Crippen LogP contribution is 2.36. The Balaban J connectivity index is 1.91. The number of carbonyl (C=O) groups excluding carboxylic acids is 1. The van der Waals surface area contributed by atoms with Gasteiger partial charge < -0.3 is 30.5 Å². The molecule has 190 valence electrons. The molecular formula is C25H31ClFN3O5. The van der Waals surface area contributed by atoms with Crippen molar-refractivity contribution in [2.24, 2.45) is 5.92 Å². The zero-order chi connectivity index (χ0) is 25.5. The standard InChI is InChI=1S/C25H31ClFN3O5/c1-15(2)13-30(17-4-6-18(31)7-5-17)23-10-8-19(35-14-24(32)33)12-22(23)29-25(34)28-21-9-3-16(26)11-20(21)27/h3,8-12,15,17-18,31H,4-7,13-14H2,1-2H3,(H,32,33)(H2,28,29,34). The van der Waals surface area contributed by atoms with Gasteiger partial charge in [-0.1, -0.05) is 25.4 Å². The van der Waals surface area contributed by atoms with Crippen LogP contribution in [-0.4, -0.2) is 47.5 Å². The fourth-order valence-electron chi connectivity index (χ4n) is 4.17. The van der Waals surface area contributed by atoms with Crippen LogP contribution in [-0.2, 0) is 4.79 Å². The molecule has 0 aliphatic heterocycles. The Kier molecular flexibility index (Phi) is 9.17. The molecule has 1 saturated carbocycles. The quantitative estimate of drug-likeness (QED) is 0.364. The lowest BCUT2D eigenvalue weighted by Crippen LogP contribution is -2.41. The first kappa shape index (κ1) is 26.6. The zero-order valence-corrected chi connectivity index (χ0v) is 20.5. The van der Waals surface area contributed by atoms with E-state index in [1.54, 1.807) is 18.2 Å². The number of urea groups is 1. The molecule has 35 heavy (non-hydrogen) atoms. The second-order valence-electron chi connectivity index (χ2n) is 9.07. The summed E-state index contributed by atoms with van der Waals surface area (Å²) in [5, 5.41) is 24.4. The molecule has 1 fully saturated rings. The average Bonchev–Trinajstić information content (AvgIpc) is 2.79. The number of halogens is 2. The van der Waals surface area contributed by atoms with Gasteiger partial charge in [0.2, 0.25) is 0 Å². The third-order valence-corrected chi connectivity index (χ3v) is 5.97. The average molecular weight is 508 g/mol. The van der Waals surface area contributed by atoms with E-state index in [9.17, 15) is 19.1 Å². The van der Waals surface area contributed by atoms with Gasteiger partial charge >= 0.3 is 12.0 Å². The molecule has 0 aromatic heterocycles. The summed E-state index contributed by atoms with van der Waals surface area (Å²) in [6, 6.07) is 8.41. The number of rotatable bonds is 9. The highest BCUT2D eigenvalue weighted by molar-refractivity contribution is 6.30. The Bertz CT molecular complexity index is 1040. The number of aliphatic hydroxyl groups is 1. The van der Waals surface area contributed by atoms with Crippen molar-refractivity contribution >= 4 is 40.7 Å². The van der Waals surface area contributed by atoms with Crippen molar-refractivity contribution in [1.29, 1.82) is 0 Å². The van der Waals surface area contributed by atoms with Gasteiger partial charge in [0, 0.05) is 23.7 Å². The molecule has 0 unspecified atom stereocenters. The van der Waals surface area contributed by atoms with E-state index in [1.165, 1.54) is 12.1 Å². The fraction of sp³-hybridized carbons (Fsp3) is 0.440. The summed E-state index contributed by atoms with van der Waals surface area (Å²) in [5.74, 6) is -1.21. The largest absolute Gasteiger partial charge is 0.482 e. The summed E-state index contributed by atoms with van der Waals surface area (Å²) in [6.07, 6.45) is 2.67. The molecule has 10 heteroatoms. The van der Waals surface area contributed by atoms with E-state index >= 15 is 0 Å². The molecule has 0 radical (unpaired) electrons. The van der Waals surface area contributed by atoms with Crippen molar-refractivity contribution in [2.75, 3.05) is 28.7 Å². The number of carboxylic acid groups (broad SMARTS) is 1. The van der Waals surface area contributed by atoms with Gasteiger partial charge in [0.05, 0.1) is 23.2 Å². The van der Waals surface area contributed by atoms with Gasteiger partial charge in [-0.25, -0.2) is 14.0 Å². The maximum atomic E-state index is 14.2. The number of ether oxygens (including phenoxy) is 1. The minimum atomic E-state index is -1.12. The Morgan fingerprint density at radius 2 is 1.80 bits per heavy atom. The summed E-state index contributed by atoms with van der Waals surface area (Å²) in [4.78, 5) is 26.0. The summed E-state index contributed by atoms with van der Waals surface area (Å²) < 4.78 is 19.5. The number of carboxylic acids is 1. The molecule has 8 nitrogen and oxygen atoms in total. The molecule has 0 spiro atoms. The van der Waals surface area contributed by atoms with Gasteiger partial charge in [-0.05, 0) is 61.9 Å². The Hall–Kier alpha value is -3.04. The maximum Gasteiger partial charge on any atom is 0.341 e. The van der Waals surface area contributed by atoms with Crippen LogP contribution < -0.4 is 20.3 Å². The van der Waals surface area contributed by atoms with Crippen LogP contribution in [0, 0.1) is 11.7 Å². The van der Waals surface area contributed by atoms with E-state index in [2.05, 4.69) is 29.4 Å². The van der Waals surface area contributed by atoms with Crippen LogP contribution in [0.2, 0.25) is 5.02 Å². The number of aliphatic hydroxyl groups excluding tert-OH is 1. The Morgan fingerprint density at radius 3 is 2.43 bits per heavy atom. The fourth-order valence-corrected chi connectivity index (χ4v) is 4.33. The third kappa shape index (κ3) is 7.73. The van der Waals surface area contributed by atoms with Gasteiger partial charge in [-0.15, -0.1) is 0 Å². The Labute approximate surface area is 209 Å². The molecule has 3 rings (SSSR count). The first-order valence-corrected chi connectivity index (χ1v) is 12.0. The lowest BCUT2D eigenvalue weighted by atomic mass is 9.91. The number of carbonyl (C=O) groups is 2. The normalized spacial score (nSPS) is 17.7. The molecular weight excluding hydrogens is 477 g/mol. The molecule has 1 aliphatic carbocycles. The highest BCUT2D eigenvalue weighted by atomic mass is 35.5. The third-order valence-electron chi connectivity index (χ3n) is 5.74. The SMILES string of the molecule is CC(C)CN(c1ccc(OCC(=O)O)cc1NC(=O)Nc1ccc(Cl)cc1F)C1CCC(O)CC1. The van der Waals surface area contributed by atoms with Crippen molar-refractivity contribution in [3.05, 3.63) is 47.2 Å². The van der Waals surface area contributed by atoms with Crippen LogP contribution in [0.25, 0.3) is 0 Å². The number of benzene rings is 2. The number of nitrogens with zero attached hydrogens (tertiary/aromatic N) is 1. The monoisotopic (exact) mass is 507 g/mol. The highest BCUT2D eigenvalue weighted by Gasteiger charge is 2.27. The minimum Gasteiger partial charge on any atom is -0.482 e. The lowest BCUT2D eigenvalue weighted by molar-refractivity contribution is -0.139. The van der Waals surface area contributed by atoms with Crippen molar-refractivity contribution in [1.82, 2.24) is 0 Å². The predicted molar refractivity (Wildman–Crippen MR) is 134 cm³/mol. The second kappa shape index (κ2) is 12.1. The van der Waals surface area contributed by atoms with Crippen LogP contribution in [0.4, 0.5) is 26.2 Å².